The number of nitrogens with one attached hydrogen (secondary N) is 1. The molecule has 0 unspecified atom stereocenters. The molecule has 0 bridgehead atoms. The second kappa shape index (κ2) is 6.34. The quantitative estimate of drug-likeness (QED) is 0.666. The highest BCUT2D eigenvalue weighted by molar-refractivity contribution is 5.64. The summed E-state index contributed by atoms with van der Waals surface area (Å²) in [5.74, 6) is 0. The Hall–Kier alpha value is -2.87. The number of rotatable bonds is 5. The van der Waals surface area contributed by atoms with Crippen molar-refractivity contribution >= 4 is 11.4 Å². The molecule has 0 heterocycles. The van der Waals surface area contributed by atoms with E-state index >= 15 is 0 Å². The van der Waals surface area contributed by atoms with Crippen LogP contribution in [0.5, 0.6) is 0 Å². The molecule has 0 amide bonds. The smallest absolute Gasteiger partial charge is 0.293 e. The summed E-state index contributed by atoms with van der Waals surface area (Å²) in [6.45, 7) is 0.594. The molecule has 0 aromatic heterocycles. The van der Waals surface area contributed by atoms with E-state index < -0.39 is 4.92 Å². The first-order valence-electron chi connectivity index (χ1n) is 6.17. The minimum Gasteiger partial charge on any atom is -0.379 e. The highest BCUT2D eigenvalue weighted by Gasteiger charge is 2.14. The fourth-order valence-electron chi connectivity index (χ4n) is 1.89. The Morgan fingerprint density at radius 2 is 1.95 bits per heavy atom. The van der Waals surface area contributed by atoms with Crippen molar-refractivity contribution in [2.75, 3.05) is 11.9 Å². The van der Waals surface area contributed by atoms with Gasteiger partial charge in [-0.2, -0.15) is 5.26 Å². The average Bonchev–Trinajstić information content (AvgIpc) is 2.48. The second-order valence-corrected chi connectivity index (χ2v) is 4.26. The van der Waals surface area contributed by atoms with Gasteiger partial charge >= 0.3 is 0 Å². The first-order chi connectivity index (χ1) is 9.70. The van der Waals surface area contributed by atoms with Gasteiger partial charge in [-0.15, -0.1) is 0 Å². The molecule has 0 aliphatic carbocycles. The first kappa shape index (κ1) is 13.6. The molecule has 2 rings (SSSR count). The normalized spacial score (nSPS) is 9.75. The van der Waals surface area contributed by atoms with Crippen LogP contribution in [-0.4, -0.2) is 11.5 Å². The zero-order valence-electron chi connectivity index (χ0n) is 10.7. The predicted octanol–water partition coefficient (Wildman–Crippen LogP) is 3.12. The van der Waals surface area contributed by atoms with Crippen LogP contribution in [0.3, 0.4) is 0 Å². The number of nitro benzene ring substituents is 1. The van der Waals surface area contributed by atoms with Gasteiger partial charge in [0.1, 0.15) is 5.69 Å². The molecule has 0 spiro atoms. The van der Waals surface area contributed by atoms with Crippen LogP contribution in [0.15, 0.2) is 48.5 Å². The van der Waals surface area contributed by atoms with Gasteiger partial charge in [0.2, 0.25) is 0 Å². The topological polar surface area (TPSA) is 79.0 Å². The van der Waals surface area contributed by atoms with Crippen molar-refractivity contribution < 1.29 is 4.92 Å². The highest BCUT2D eigenvalue weighted by Crippen LogP contribution is 2.25. The molecular formula is C15H13N3O2. The number of benzene rings is 2. The van der Waals surface area contributed by atoms with Crippen molar-refractivity contribution in [1.82, 2.24) is 0 Å². The van der Waals surface area contributed by atoms with E-state index in [1.807, 2.05) is 36.4 Å². The first-order valence-corrected chi connectivity index (χ1v) is 6.17. The minimum atomic E-state index is -0.480. The Balaban J connectivity index is 2.06. The van der Waals surface area contributed by atoms with Crippen LogP contribution in [0.25, 0.3) is 0 Å². The molecule has 5 heteroatoms. The number of hydrogen-bond acceptors (Lipinski definition) is 4. The van der Waals surface area contributed by atoms with Gasteiger partial charge in [-0.1, -0.05) is 30.3 Å². The van der Waals surface area contributed by atoms with Crippen LogP contribution in [0.1, 0.15) is 11.1 Å². The van der Waals surface area contributed by atoms with Gasteiger partial charge in [-0.3, -0.25) is 10.1 Å². The van der Waals surface area contributed by atoms with Crippen LogP contribution in [0.2, 0.25) is 0 Å². The third-order valence-electron chi connectivity index (χ3n) is 2.90. The van der Waals surface area contributed by atoms with E-state index in [4.69, 9.17) is 5.26 Å². The Kier molecular flexibility index (Phi) is 4.30. The Morgan fingerprint density at radius 1 is 1.20 bits per heavy atom. The van der Waals surface area contributed by atoms with E-state index in [1.54, 1.807) is 12.1 Å². The summed E-state index contributed by atoms with van der Waals surface area (Å²) in [4.78, 5) is 10.5. The standard InChI is InChI=1S/C15H13N3O2/c16-11-13-6-7-14(15(10-13)18(19)20)17-9-8-12-4-2-1-3-5-12/h1-7,10,17H,8-9H2. The molecular weight excluding hydrogens is 254 g/mol. The second-order valence-electron chi connectivity index (χ2n) is 4.26. The van der Waals surface area contributed by atoms with Gasteiger partial charge < -0.3 is 5.32 Å². The lowest BCUT2D eigenvalue weighted by molar-refractivity contribution is -0.384. The van der Waals surface area contributed by atoms with Gasteiger partial charge in [-0.05, 0) is 24.1 Å². The fourth-order valence-corrected chi connectivity index (χ4v) is 1.89. The summed E-state index contributed by atoms with van der Waals surface area (Å²) >= 11 is 0. The van der Waals surface area contributed by atoms with E-state index in [0.29, 0.717) is 12.2 Å². The van der Waals surface area contributed by atoms with Crippen molar-refractivity contribution in [2.45, 2.75) is 6.42 Å². The molecule has 0 atom stereocenters. The number of hydrogen-bond donors (Lipinski definition) is 1. The van der Waals surface area contributed by atoms with Crippen LogP contribution >= 0.6 is 0 Å². The van der Waals surface area contributed by atoms with Crippen molar-refractivity contribution in [3.8, 4) is 6.07 Å². The molecule has 0 saturated carbocycles. The van der Waals surface area contributed by atoms with Crippen LogP contribution < -0.4 is 5.32 Å². The molecule has 0 aliphatic rings. The summed E-state index contributed by atoms with van der Waals surface area (Å²) in [6, 6.07) is 16.2. The maximum Gasteiger partial charge on any atom is 0.293 e. The van der Waals surface area contributed by atoms with Gasteiger partial charge in [0.25, 0.3) is 5.69 Å². The third kappa shape index (κ3) is 3.33. The molecule has 0 fully saturated rings. The minimum absolute atomic E-state index is 0.0721. The van der Waals surface area contributed by atoms with Crippen molar-refractivity contribution in [3.05, 3.63) is 69.8 Å². The Labute approximate surface area is 116 Å². The number of nitriles is 1. The molecule has 1 N–H and O–H groups in total. The molecule has 2 aromatic rings. The fraction of sp³-hybridized carbons (Fsp3) is 0.133. The third-order valence-corrected chi connectivity index (χ3v) is 2.90. The number of nitrogens with zero attached hydrogens (tertiary/aromatic N) is 2. The molecule has 0 radical (unpaired) electrons. The zero-order chi connectivity index (χ0) is 14.4. The Morgan fingerprint density at radius 3 is 2.60 bits per heavy atom. The average molecular weight is 267 g/mol. The van der Waals surface area contributed by atoms with E-state index in [0.717, 1.165) is 12.0 Å². The molecule has 100 valence electrons. The predicted molar refractivity (Wildman–Crippen MR) is 76.4 cm³/mol. The lowest BCUT2D eigenvalue weighted by atomic mass is 10.1. The van der Waals surface area contributed by atoms with Gasteiger partial charge in [0.05, 0.1) is 16.6 Å². The monoisotopic (exact) mass is 267 g/mol. The molecule has 20 heavy (non-hydrogen) atoms. The molecule has 2 aromatic carbocycles. The molecule has 0 aliphatic heterocycles. The summed E-state index contributed by atoms with van der Waals surface area (Å²) in [7, 11) is 0. The largest absolute Gasteiger partial charge is 0.379 e. The van der Waals surface area contributed by atoms with E-state index in [2.05, 4.69) is 5.32 Å². The molecule has 0 saturated heterocycles. The summed E-state index contributed by atoms with van der Waals surface area (Å²) in [5, 5.41) is 22.8. The lowest BCUT2D eigenvalue weighted by Gasteiger charge is -2.07. The van der Waals surface area contributed by atoms with E-state index in [1.165, 1.54) is 6.07 Å². The maximum atomic E-state index is 11.0. The van der Waals surface area contributed by atoms with Crippen LogP contribution in [-0.2, 0) is 6.42 Å². The zero-order valence-corrected chi connectivity index (χ0v) is 10.7. The van der Waals surface area contributed by atoms with Crippen LogP contribution in [0.4, 0.5) is 11.4 Å². The maximum absolute atomic E-state index is 11.0. The van der Waals surface area contributed by atoms with Gasteiger partial charge in [0.15, 0.2) is 0 Å². The SMILES string of the molecule is N#Cc1ccc(NCCc2ccccc2)c([N+](=O)[O-])c1. The Bertz CT molecular complexity index is 648. The van der Waals surface area contributed by atoms with Gasteiger partial charge in [-0.25, -0.2) is 0 Å². The summed E-state index contributed by atoms with van der Waals surface area (Å²) in [6.07, 6.45) is 0.776. The van der Waals surface area contributed by atoms with E-state index in [9.17, 15) is 10.1 Å². The van der Waals surface area contributed by atoms with Crippen LogP contribution in [0, 0.1) is 21.4 Å². The van der Waals surface area contributed by atoms with Gasteiger partial charge in [0, 0.05) is 12.6 Å². The number of anilines is 1. The van der Waals surface area contributed by atoms with Crippen molar-refractivity contribution in [1.29, 1.82) is 5.26 Å². The summed E-state index contributed by atoms with van der Waals surface area (Å²) < 4.78 is 0. The molecule has 5 nitrogen and oxygen atoms in total. The lowest BCUT2D eigenvalue weighted by Crippen LogP contribution is -2.07. The van der Waals surface area contributed by atoms with E-state index in [-0.39, 0.29) is 11.3 Å². The number of nitro groups is 1. The van der Waals surface area contributed by atoms with Crippen molar-refractivity contribution in [2.24, 2.45) is 0 Å². The van der Waals surface area contributed by atoms with Crippen molar-refractivity contribution in [3.63, 3.8) is 0 Å². The summed E-state index contributed by atoms with van der Waals surface area (Å²) in [5.41, 5.74) is 1.81. The highest BCUT2D eigenvalue weighted by atomic mass is 16.6.